The molecule has 0 N–H and O–H groups in total. The minimum Gasteiger partial charge on any atom is -0.459 e. The summed E-state index contributed by atoms with van der Waals surface area (Å²) >= 11 is 0. The molecule has 2 rings (SSSR count). The molecule has 1 aromatic carbocycles. The smallest absolute Gasteiger partial charge is 0.459 e. The van der Waals surface area contributed by atoms with E-state index in [0.29, 0.717) is 25.7 Å². The molecular formula is C18H19F3O5. The average Bonchev–Trinajstić information content (AvgIpc) is 2.56. The van der Waals surface area contributed by atoms with Crippen molar-refractivity contribution in [3.05, 3.63) is 36.4 Å². The maximum absolute atomic E-state index is 12.2. The molecule has 0 amide bonds. The van der Waals surface area contributed by atoms with Crippen molar-refractivity contribution in [2.24, 2.45) is 5.92 Å². The Bertz CT molecular complexity index is 644. The largest absolute Gasteiger partial charge is 0.573 e. The van der Waals surface area contributed by atoms with Gasteiger partial charge in [0.05, 0.1) is 5.92 Å². The zero-order valence-electron chi connectivity index (χ0n) is 14.1. The summed E-state index contributed by atoms with van der Waals surface area (Å²) in [6.45, 7) is 1.72. The Labute approximate surface area is 148 Å². The Morgan fingerprint density at radius 3 is 2.15 bits per heavy atom. The molecule has 5 nitrogen and oxygen atoms in total. The van der Waals surface area contributed by atoms with Crippen LogP contribution in [0, 0.1) is 5.92 Å². The number of carbonyl (C=O) groups excluding carboxylic acids is 2. The van der Waals surface area contributed by atoms with E-state index in [1.165, 1.54) is 18.2 Å². The van der Waals surface area contributed by atoms with E-state index in [1.807, 2.05) is 0 Å². The summed E-state index contributed by atoms with van der Waals surface area (Å²) < 4.78 is 50.5. The molecule has 0 atom stereocenters. The first-order chi connectivity index (χ1) is 12.3. The van der Waals surface area contributed by atoms with E-state index in [9.17, 15) is 22.8 Å². The maximum Gasteiger partial charge on any atom is 0.573 e. The van der Waals surface area contributed by atoms with Gasteiger partial charge in [0.15, 0.2) is 0 Å². The zero-order valence-corrected chi connectivity index (χ0v) is 14.1. The molecule has 1 aromatic rings. The van der Waals surface area contributed by atoms with Crippen molar-refractivity contribution < 1.29 is 37.0 Å². The lowest BCUT2D eigenvalue weighted by atomic mass is 9.87. The Morgan fingerprint density at radius 2 is 1.62 bits per heavy atom. The summed E-state index contributed by atoms with van der Waals surface area (Å²) in [4.78, 5) is 23.6. The number of hydrogen-bond acceptors (Lipinski definition) is 5. The number of esters is 2. The summed E-state index contributed by atoms with van der Waals surface area (Å²) in [6.07, 6.45) is 0.0874. The zero-order chi connectivity index (χ0) is 19.2. The van der Waals surface area contributed by atoms with Gasteiger partial charge in [0, 0.05) is 6.08 Å². The van der Waals surface area contributed by atoms with Crippen molar-refractivity contribution in [2.45, 2.75) is 45.1 Å². The number of hydrogen-bond donors (Lipinski definition) is 0. The summed E-state index contributed by atoms with van der Waals surface area (Å²) in [6, 6.07) is 4.63. The lowest BCUT2D eigenvalue weighted by Gasteiger charge is -2.26. The van der Waals surface area contributed by atoms with Crippen LogP contribution in [0.3, 0.4) is 0 Å². The molecule has 1 aliphatic carbocycles. The second-order valence-electron chi connectivity index (χ2n) is 5.85. The van der Waals surface area contributed by atoms with Gasteiger partial charge in [-0.05, 0) is 56.9 Å². The van der Waals surface area contributed by atoms with Gasteiger partial charge in [-0.25, -0.2) is 4.79 Å². The summed E-state index contributed by atoms with van der Waals surface area (Å²) in [5, 5.41) is 0. The minimum absolute atomic E-state index is 0.145. The van der Waals surface area contributed by atoms with Gasteiger partial charge < -0.3 is 14.2 Å². The van der Waals surface area contributed by atoms with Crippen LogP contribution in [-0.4, -0.2) is 24.4 Å². The van der Waals surface area contributed by atoms with Crippen molar-refractivity contribution in [1.29, 1.82) is 0 Å². The number of allylic oxidation sites excluding steroid dienone is 1. The fourth-order valence-corrected chi connectivity index (χ4v) is 2.66. The van der Waals surface area contributed by atoms with Crippen LogP contribution in [0.2, 0.25) is 0 Å². The van der Waals surface area contributed by atoms with Crippen molar-refractivity contribution in [1.82, 2.24) is 0 Å². The minimum atomic E-state index is -4.77. The fraction of sp³-hybridized carbons (Fsp3) is 0.444. The van der Waals surface area contributed by atoms with Crippen molar-refractivity contribution in [3.8, 4) is 11.5 Å². The third kappa shape index (κ3) is 6.42. The molecule has 0 heterocycles. The number of carbonyl (C=O) groups is 2. The number of alkyl halides is 3. The molecule has 1 aliphatic rings. The van der Waals surface area contributed by atoms with E-state index < -0.39 is 18.3 Å². The Balaban J connectivity index is 1.81. The monoisotopic (exact) mass is 372 g/mol. The van der Waals surface area contributed by atoms with Crippen molar-refractivity contribution >= 4 is 11.9 Å². The molecule has 8 heteroatoms. The normalized spacial score (nSPS) is 20.6. The Morgan fingerprint density at radius 1 is 1.04 bits per heavy atom. The van der Waals surface area contributed by atoms with E-state index in [4.69, 9.17) is 9.47 Å². The number of benzene rings is 1. The maximum atomic E-state index is 12.2. The summed E-state index contributed by atoms with van der Waals surface area (Å²) in [5.41, 5.74) is 0. The molecular weight excluding hydrogens is 353 g/mol. The van der Waals surface area contributed by atoms with Crippen LogP contribution in [-0.2, 0) is 14.3 Å². The van der Waals surface area contributed by atoms with E-state index in [-0.39, 0.29) is 23.5 Å². The van der Waals surface area contributed by atoms with E-state index in [0.717, 1.165) is 12.1 Å². The molecule has 0 unspecified atom stereocenters. The van der Waals surface area contributed by atoms with Crippen molar-refractivity contribution in [3.63, 3.8) is 0 Å². The lowest BCUT2D eigenvalue weighted by molar-refractivity contribution is -0.274. The molecule has 0 spiro atoms. The van der Waals surface area contributed by atoms with Crippen LogP contribution in [0.25, 0.3) is 0 Å². The van der Waals surface area contributed by atoms with Gasteiger partial charge in [-0.3, -0.25) is 4.79 Å². The topological polar surface area (TPSA) is 61.8 Å². The van der Waals surface area contributed by atoms with Gasteiger partial charge in [-0.2, -0.15) is 0 Å². The Hall–Kier alpha value is -2.51. The highest BCUT2D eigenvalue weighted by Crippen LogP contribution is 2.29. The Kier molecular flexibility index (Phi) is 6.65. The number of halogens is 3. The molecule has 142 valence electrons. The van der Waals surface area contributed by atoms with Crippen LogP contribution < -0.4 is 9.47 Å². The highest BCUT2D eigenvalue weighted by molar-refractivity contribution is 5.82. The second-order valence-corrected chi connectivity index (χ2v) is 5.85. The van der Waals surface area contributed by atoms with E-state index in [1.54, 1.807) is 13.0 Å². The first-order valence-corrected chi connectivity index (χ1v) is 8.17. The van der Waals surface area contributed by atoms with Crippen LogP contribution in [0.15, 0.2) is 36.4 Å². The highest BCUT2D eigenvalue weighted by atomic mass is 19.4. The lowest BCUT2D eigenvalue weighted by Crippen LogP contribution is -2.29. The molecule has 0 aromatic heterocycles. The molecule has 1 saturated carbocycles. The van der Waals surface area contributed by atoms with Gasteiger partial charge in [-0.15, -0.1) is 13.2 Å². The van der Waals surface area contributed by atoms with Gasteiger partial charge in [0.2, 0.25) is 0 Å². The molecule has 0 saturated heterocycles. The third-order valence-corrected chi connectivity index (χ3v) is 3.87. The first kappa shape index (κ1) is 19.8. The molecule has 0 aliphatic heterocycles. The third-order valence-electron chi connectivity index (χ3n) is 3.87. The van der Waals surface area contributed by atoms with Gasteiger partial charge in [0.25, 0.3) is 0 Å². The van der Waals surface area contributed by atoms with Crippen LogP contribution in [0.5, 0.6) is 11.5 Å². The van der Waals surface area contributed by atoms with E-state index >= 15 is 0 Å². The standard InChI is InChI=1S/C18H19F3O5/c1-2-3-16(22)24-13-6-4-12(5-7-13)17(23)25-14-8-10-15(11-9-14)26-18(19,20)21/h2-3,8-13H,4-7H2,1H3. The van der Waals surface area contributed by atoms with Crippen LogP contribution >= 0.6 is 0 Å². The van der Waals surface area contributed by atoms with Crippen LogP contribution in [0.4, 0.5) is 13.2 Å². The SMILES string of the molecule is CC=CC(=O)OC1CCC(C(=O)Oc2ccc(OC(F)(F)F)cc2)CC1. The second kappa shape index (κ2) is 8.73. The number of ether oxygens (including phenoxy) is 3. The highest BCUT2D eigenvalue weighted by Gasteiger charge is 2.31. The predicted molar refractivity (Wildman–Crippen MR) is 85.4 cm³/mol. The molecule has 0 bridgehead atoms. The fourth-order valence-electron chi connectivity index (χ4n) is 2.66. The molecule has 1 fully saturated rings. The first-order valence-electron chi connectivity index (χ1n) is 8.17. The molecule has 0 radical (unpaired) electrons. The van der Waals surface area contributed by atoms with Gasteiger partial charge >= 0.3 is 18.3 Å². The average molecular weight is 372 g/mol. The molecule has 26 heavy (non-hydrogen) atoms. The number of rotatable bonds is 5. The summed E-state index contributed by atoms with van der Waals surface area (Å²) in [7, 11) is 0. The quantitative estimate of drug-likeness (QED) is 0.441. The van der Waals surface area contributed by atoms with Gasteiger partial charge in [-0.1, -0.05) is 6.08 Å². The van der Waals surface area contributed by atoms with Crippen molar-refractivity contribution in [2.75, 3.05) is 0 Å². The van der Waals surface area contributed by atoms with E-state index in [2.05, 4.69) is 4.74 Å². The van der Waals surface area contributed by atoms with Crippen LogP contribution in [0.1, 0.15) is 32.6 Å². The summed E-state index contributed by atoms with van der Waals surface area (Å²) in [5.74, 6) is -1.43. The van der Waals surface area contributed by atoms with Gasteiger partial charge in [0.1, 0.15) is 17.6 Å². The predicted octanol–water partition coefficient (Wildman–Crippen LogP) is 4.17.